The molecule has 0 aliphatic carbocycles. The number of ether oxygens (including phenoxy) is 2. The Morgan fingerprint density at radius 2 is 2.20 bits per heavy atom. The summed E-state index contributed by atoms with van der Waals surface area (Å²) in [5.41, 5.74) is 2.48. The van der Waals surface area contributed by atoms with Crippen LogP contribution in [-0.4, -0.2) is 47.7 Å². The number of unbranched alkanes of at least 4 members (excludes halogenated alkanes) is 1. The van der Waals surface area contributed by atoms with Crippen LogP contribution in [-0.2, 0) is 0 Å². The zero-order valence-electron chi connectivity index (χ0n) is 17.9. The fraction of sp³-hybridized carbons (Fsp3) is 0.435. The molecule has 1 unspecified atom stereocenters. The number of anilines is 1. The van der Waals surface area contributed by atoms with Gasteiger partial charge in [0.25, 0.3) is 0 Å². The molecule has 1 atom stereocenters. The third-order valence-corrected chi connectivity index (χ3v) is 5.13. The third-order valence-electron chi connectivity index (χ3n) is 5.13. The number of aromatic nitrogens is 2. The smallest absolute Gasteiger partial charge is 0.323 e. The van der Waals surface area contributed by atoms with Crippen molar-refractivity contribution >= 4 is 17.9 Å². The number of hydrogen-bond acceptors (Lipinski definition) is 5. The first-order chi connectivity index (χ1) is 14.6. The van der Waals surface area contributed by atoms with Crippen molar-refractivity contribution in [2.45, 2.75) is 33.1 Å². The summed E-state index contributed by atoms with van der Waals surface area (Å²) >= 11 is 0. The fourth-order valence-corrected chi connectivity index (χ4v) is 3.37. The van der Waals surface area contributed by atoms with Crippen LogP contribution < -0.4 is 14.8 Å². The second-order valence-electron chi connectivity index (χ2n) is 7.46. The number of benzene rings is 1. The van der Waals surface area contributed by atoms with Gasteiger partial charge >= 0.3 is 6.03 Å². The van der Waals surface area contributed by atoms with Crippen molar-refractivity contribution in [3.8, 4) is 11.6 Å². The van der Waals surface area contributed by atoms with Crippen LogP contribution in [0.25, 0.3) is 6.08 Å². The van der Waals surface area contributed by atoms with Gasteiger partial charge in [0.1, 0.15) is 5.75 Å². The van der Waals surface area contributed by atoms with Gasteiger partial charge in [-0.05, 0) is 36.5 Å². The average molecular weight is 411 g/mol. The van der Waals surface area contributed by atoms with Crippen molar-refractivity contribution in [3.63, 3.8) is 0 Å². The largest absolute Gasteiger partial charge is 0.494 e. The molecule has 0 saturated carbocycles. The van der Waals surface area contributed by atoms with Gasteiger partial charge < -0.3 is 14.4 Å². The van der Waals surface area contributed by atoms with E-state index in [1.54, 1.807) is 0 Å². The Morgan fingerprint density at radius 3 is 2.90 bits per heavy atom. The van der Waals surface area contributed by atoms with Gasteiger partial charge in [0, 0.05) is 13.1 Å². The summed E-state index contributed by atoms with van der Waals surface area (Å²) in [5, 5.41) is 2.80. The molecule has 2 amide bonds. The molecule has 1 saturated heterocycles. The van der Waals surface area contributed by atoms with E-state index in [0.29, 0.717) is 24.8 Å². The highest BCUT2D eigenvalue weighted by Crippen LogP contribution is 2.26. The molecule has 7 nitrogen and oxygen atoms in total. The van der Waals surface area contributed by atoms with Gasteiger partial charge in [-0.25, -0.2) is 14.8 Å². The van der Waals surface area contributed by atoms with E-state index < -0.39 is 0 Å². The minimum atomic E-state index is -0.160. The second-order valence-corrected chi connectivity index (χ2v) is 7.46. The van der Waals surface area contributed by atoms with E-state index in [1.165, 1.54) is 25.1 Å². The summed E-state index contributed by atoms with van der Waals surface area (Å²) in [6.45, 7) is 6.38. The number of hydrogen-bond donors (Lipinski definition) is 1. The van der Waals surface area contributed by atoms with Crippen molar-refractivity contribution in [2.75, 3.05) is 32.1 Å². The van der Waals surface area contributed by atoms with Crippen molar-refractivity contribution < 1.29 is 14.3 Å². The number of carbonyl (C=O) groups is 1. The number of likely N-dealkylation sites (tertiary alicyclic amines) is 1. The zero-order valence-corrected chi connectivity index (χ0v) is 17.9. The standard InChI is InChI=1S/C23H30N4O3/c1-4-5-11-30-20-8-6-7-18(13-20)12-19-9-10-27(16-17(19)2)23(28)26-21-14-25-22(29-3)15-24-21/h6-8,12-15,17H,4-5,9-11,16H2,1-3H3,(H,24,26,28). The Morgan fingerprint density at radius 1 is 1.33 bits per heavy atom. The van der Waals surface area contributed by atoms with E-state index >= 15 is 0 Å². The molecule has 30 heavy (non-hydrogen) atoms. The quantitative estimate of drug-likeness (QED) is 0.674. The van der Waals surface area contributed by atoms with Gasteiger partial charge in [-0.2, -0.15) is 0 Å². The number of rotatable bonds is 7. The van der Waals surface area contributed by atoms with Crippen molar-refractivity contribution in [3.05, 3.63) is 47.8 Å². The number of piperidine rings is 1. The van der Waals surface area contributed by atoms with Gasteiger partial charge in [-0.15, -0.1) is 0 Å². The van der Waals surface area contributed by atoms with Crippen molar-refractivity contribution in [1.29, 1.82) is 0 Å². The molecule has 160 valence electrons. The Hall–Kier alpha value is -3.09. The average Bonchev–Trinajstić information content (AvgIpc) is 2.76. The lowest BCUT2D eigenvalue weighted by Crippen LogP contribution is -2.42. The molecular weight excluding hydrogens is 380 g/mol. The Balaban J connectivity index is 1.57. The SMILES string of the molecule is CCCCOc1cccc(C=C2CCN(C(=O)Nc3cnc(OC)cn3)CC2C)c1. The first-order valence-corrected chi connectivity index (χ1v) is 10.4. The fourth-order valence-electron chi connectivity index (χ4n) is 3.37. The van der Waals surface area contributed by atoms with Crippen molar-refractivity contribution in [2.24, 2.45) is 5.92 Å². The molecule has 1 aromatic heterocycles. The van der Waals surface area contributed by atoms with Crippen LogP contribution >= 0.6 is 0 Å². The minimum Gasteiger partial charge on any atom is -0.494 e. The van der Waals surface area contributed by atoms with Crippen LogP contribution in [0, 0.1) is 5.92 Å². The molecule has 1 aliphatic heterocycles. The highest BCUT2D eigenvalue weighted by molar-refractivity contribution is 5.88. The number of carbonyl (C=O) groups excluding carboxylic acids is 1. The van der Waals surface area contributed by atoms with E-state index in [1.807, 2.05) is 17.0 Å². The third kappa shape index (κ3) is 5.95. The Bertz CT molecular complexity index is 867. The molecule has 1 aromatic carbocycles. The second kappa shape index (κ2) is 10.6. The molecule has 0 spiro atoms. The monoisotopic (exact) mass is 410 g/mol. The van der Waals surface area contributed by atoms with E-state index in [-0.39, 0.29) is 11.9 Å². The van der Waals surface area contributed by atoms with Crippen molar-refractivity contribution in [1.82, 2.24) is 14.9 Å². The van der Waals surface area contributed by atoms with Crippen LogP contribution in [0.5, 0.6) is 11.6 Å². The lowest BCUT2D eigenvalue weighted by Gasteiger charge is -2.33. The molecule has 0 bridgehead atoms. The van der Waals surface area contributed by atoms with Crippen LogP contribution in [0.3, 0.4) is 0 Å². The molecule has 2 heterocycles. The van der Waals surface area contributed by atoms with Crippen LogP contribution in [0.4, 0.5) is 10.6 Å². The molecule has 2 aromatic rings. The molecule has 1 N–H and O–H groups in total. The highest BCUT2D eigenvalue weighted by Gasteiger charge is 2.24. The van der Waals surface area contributed by atoms with Crippen LogP contribution in [0.15, 0.2) is 42.2 Å². The molecule has 7 heteroatoms. The Kier molecular flexibility index (Phi) is 7.65. The number of nitrogens with one attached hydrogen (secondary N) is 1. The van der Waals surface area contributed by atoms with E-state index in [0.717, 1.165) is 37.2 Å². The molecule has 1 aliphatic rings. The Labute approximate surface area is 178 Å². The summed E-state index contributed by atoms with van der Waals surface area (Å²) in [5.74, 6) is 2.00. The first-order valence-electron chi connectivity index (χ1n) is 10.4. The van der Waals surface area contributed by atoms with E-state index in [4.69, 9.17) is 9.47 Å². The number of methoxy groups -OCH3 is 1. The summed E-state index contributed by atoms with van der Waals surface area (Å²) in [6.07, 6.45) is 8.21. The lowest BCUT2D eigenvalue weighted by atomic mass is 9.91. The zero-order chi connectivity index (χ0) is 21.3. The number of urea groups is 1. The van der Waals surface area contributed by atoms with Gasteiger partial charge in [0.2, 0.25) is 5.88 Å². The highest BCUT2D eigenvalue weighted by atomic mass is 16.5. The van der Waals surface area contributed by atoms with Gasteiger partial charge in [0.05, 0.1) is 26.1 Å². The normalized spacial score (nSPS) is 17.6. The maximum atomic E-state index is 12.6. The molecule has 3 rings (SSSR count). The number of nitrogens with zero attached hydrogens (tertiary/aromatic N) is 3. The molecule has 0 radical (unpaired) electrons. The summed E-state index contributed by atoms with van der Waals surface area (Å²) in [4.78, 5) is 22.6. The topological polar surface area (TPSA) is 76.6 Å². The van der Waals surface area contributed by atoms with Crippen LogP contribution in [0.2, 0.25) is 0 Å². The summed E-state index contributed by atoms with van der Waals surface area (Å²) < 4.78 is 10.8. The van der Waals surface area contributed by atoms with Gasteiger partial charge in [-0.1, -0.05) is 44.1 Å². The maximum absolute atomic E-state index is 12.6. The molecule has 1 fully saturated rings. The maximum Gasteiger partial charge on any atom is 0.323 e. The van der Waals surface area contributed by atoms with E-state index in [9.17, 15) is 4.79 Å². The van der Waals surface area contributed by atoms with Crippen LogP contribution in [0.1, 0.15) is 38.7 Å². The number of amides is 2. The van der Waals surface area contributed by atoms with E-state index in [2.05, 4.69) is 47.3 Å². The summed E-state index contributed by atoms with van der Waals surface area (Å²) in [7, 11) is 1.53. The molecular formula is C23H30N4O3. The lowest BCUT2D eigenvalue weighted by molar-refractivity contribution is 0.197. The first kappa shape index (κ1) is 21.6. The summed E-state index contributed by atoms with van der Waals surface area (Å²) in [6, 6.07) is 8.03. The van der Waals surface area contributed by atoms with Gasteiger partial charge in [0.15, 0.2) is 5.82 Å². The predicted octanol–water partition coefficient (Wildman–Crippen LogP) is 4.62. The van der Waals surface area contributed by atoms with Gasteiger partial charge in [-0.3, -0.25) is 5.32 Å². The minimum absolute atomic E-state index is 0.160. The predicted molar refractivity (Wildman–Crippen MR) is 118 cm³/mol.